The molecule has 0 saturated carbocycles. The Kier molecular flexibility index (Phi) is 13.1. The average Bonchev–Trinajstić information content (AvgIpc) is 2.55. The molecule has 0 unspecified atom stereocenters. The largest absolute Gasteiger partial charge is 0.356 e. The predicted octanol–water partition coefficient (Wildman–Crippen LogP) is 3.40. The van der Waals surface area contributed by atoms with Gasteiger partial charge in [-0.25, -0.2) is 0 Å². The second kappa shape index (κ2) is 13.6. The zero-order chi connectivity index (χ0) is 16.2. The van der Waals surface area contributed by atoms with E-state index in [0.717, 1.165) is 32.1 Å². The Balaban J connectivity index is 0.00000484. The summed E-state index contributed by atoms with van der Waals surface area (Å²) in [6, 6.07) is 8.58. The topological polar surface area (TPSA) is 39.7 Å². The van der Waals surface area contributed by atoms with E-state index in [0.29, 0.717) is 0 Å². The second-order valence-corrected chi connectivity index (χ2v) is 5.57. The van der Waals surface area contributed by atoms with Gasteiger partial charge in [0.15, 0.2) is 5.96 Å². The van der Waals surface area contributed by atoms with Crippen molar-refractivity contribution in [2.75, 3.05) is 33.2 Å². The van der Waals surface area contributed by atoms with Gasteiger partial charge in [0.1, 0.15) is 0 Å². The maximum Gasteiger partial charge on any atom is 0.191 e. The van der Waals surface area contributed by atoms with Crippen molar-refractivity contribution < 1.29 is 0 Å². The molecule has 0 spiro atoms. The number of unbranched alkanes of at least 4 members (excludes halogenated alkanes) is 1. The molecule has 0 fully saturated rings. The standard InChI is InChI=1S/C18H32N4.HI/c1-5-22(6-2)14-8-7-13-20-18(19-4)21-15-17-11-9-16(3)10-12-17;/h9-12H,5-8,13-15H2,1-4H3,(H2,19,20,21);1H. The third kappa shape index (κ3) is 9.81. The van der Waals surface area contributed by atoms with Crippen molar-refractivity contribution in [3.8, 4) is 0 Å². The number of aryl methyl sites for hydroxylation is 1. The number of nitrogens with one attached hydrogen (secondary N) is 2. The Bertz CT molecular complexity index is 427. The van der Waals surface area contributed by atoms with Crippen LogP contribution in [0.1, 0.15) is 37.8 Å². The van der Waals surface area contributed by atoms with Crippen molar-refractivity contribution in [2.45, 2.75) is 40.2 Å². The number of benzene rings is 1. The molecule has 5 heteroatoms. The highest BCUT2D eigenvalue weighted by molar-refractivity contribution is 14.0. The van der Waals surface area contributed by atoms with Crippen molar-refractivity contribution in [3.05, 3.63) is 35.4 Å². The average molecular weight is 432 g/mol. The summed E-state index contributed by atoms with van der Waals surface area (Å²) in [6.07, 6.45) is 2.39. The molecule has 0 aliphatic rings. The molecule has 0 aliphatic carbocycles. The molecule has 0 saturated heterocycles. The van der Waals surface area contributed by atoms with Gasteiger partial charge >= 0.3 is 0 Å². The molecule has 0 atom stereocenters. The van der Waals surface area contributed by atoms with Crippen molar-refractivity contribution in [3.63, 3.8) is 0 Å². The van der Waals surface area contributed by atoms with Crippen molar-refractivity contribution in [1.29, 1.82) is 0 Å². The van der Waals surface area contributed by atoms with Gasteiger partial charge in [-0.2, -0.15) is 0 Å². The summed E-state index contributed by atoms with van der Waals surface area (Å²) in [5, 5.41) is 6.74. The Morgan fingerprint density at radius 3 is 2.26 bits per heavy atom. The summed E-state index contributed by atoms with van der Waals surface area (Å²) < 4.78 is 0. The zero-order valence-electron chi connectivity index (χ0n) is 15.1. The van der Waals surface area contributed by atoms with Gasteiger partial charge in [0, 0.05) is 20.1 Å². The van der Waals surface area contributed by atoms with E-state index in [-0.39, 0.29) is 24.0 Å². The van der Waals surface area contributed by atoms with E-state index in [2.05, 4.69) is 65.6 Å². The van der Waals surface area contributed by atoms with Gasteiger partial charge in [-0.15, -0.1) is 24.0 Å². The Morgan fingerprint density at radius 2 is 1.70 bits per heavy atom. The summed E-state index contributed by atoms with van der Waals surface area (Å²) in [5.41, 5.74) is 2.56. The molecule has 1 aromatic carbocycles. The van der Waals surface area contributed by atoms with Crippen LogP contribution >= 0.6 is 24.0 Å². The van der Waals surface area contributed by atoms with Crippen LogP contribution in [-0.4, -0.2) is 44.1 Å². The third-order valence-electron chi connectivity index (χ3n) is 3.89. The molecular formula is C18H33IN4. The molecule has 0 aliphatic heterocycles. The molecular weight excluding hydrogens is 399 g/mol. The highest BCUT2D eigenvalue weighted by Crippen LogP contribution is 2.02. The molecule has 0 heterocycles. The quantitative estimate of drug-likeness (QED) is 0.272. The summed E-state index contributed by atoms with van der Waals surface area (Å²) in [4.78, 5) is 6.73. The molecule has 23 heavy (non-hydrogen) atoms. The molecule has 0 radical (unpaired) electrons. The maximum atomic E-state index is 4.27. The van der Waals surface area contributed by atoms with Gasteiger partial charge in [0.25, 0.3) is 0 Å². The number of hydrogen-bond acceptors (Lipinski definition) is 2. The lowest BCUT2D eigenvalue weighted by Gasteiger charge is -2.18. The molecule has 1 rings (SSSR count). The normalized spacial score (nSPS) is 11.3. The predicted molar refractivity (Wildman–Crippen MR) is 112 cm³/mol. The summed E-state index contributed by atoms with van der Waals surface area (Å²) >= 11 is 0. The lowest BCUT2D eigenvalue weighted by atomic mass is 10.1. The van der Waals surface area contributed by atoms with Crippen LogP contribution in [0.4, 0.5) is 0 Å². The van der Waals surface area contributed by atoms with Gasteiger partial charge in [0.2, 0.25) is 0 Å². The van der Waals surface area contributed by atoms with E-state index >= 15 is 0 Å². The Morgan fingerprint density at radius 1 is 1.04 bits per heavy atom. The van der Waals surface area contributed by atoms with Gasteiger partial charge in [-0.05, 0) is 45.0 Å². The fraction of sp³-hybridized carbons (Fsp3) is 0.611. The van der Waals surface area contributed by atoms with Crippen LogP contribution in [0, 0.1) is 6.92 Å². The SMILES string of the molecule is CCN(CC)CCCCNC(=NC)NCc1ccc(C)cc1.I. The van der Waals surface area contributed by atoms with Gasteiger partial charge in [0.05, 0.1) is 0 Å². The van der Waals surface area contributed by atoms with Crippen LogP contribution in [0.25, 0.3) is 0 Å². The molecule has 1 aromatic rings. The van der Waals surface area contributed by atoms with Gasteiger partial charge in [-0.1, -0.05) is 43.7 Å². The van der Waals surface area contributed by atoms with Crippen LogP contribution in [0.3, 0.4) is 0 Å². The van der Waals surface area contributed by atoms with E-state index in [1.807, 2.05) is 7.05 Å². The Labute approximate surface area is 159 Å². The third-order valence-corrected chi connectivity index (χ3v) is 3.89. The molecule has 2 N–H and O–H groups in total. The highest BCUT2D eigenvalue weighted by atomic mass is 127. The van der Waals surface area contributed by atoms with Crippen LogP contribution in [0.15, 0.2) is 29.3 Å². The van der Waals surface area contributed by atoms with Crippen molar-refractivity contribution in [1.82, 2.24) is 15.5 Å². The summed E-state index contributed by atoms with van der Waals surface area (Å²) in [5.74, 6) is 0.878. The van der Waals surface area contributed by atoms with E-state index in [1.54, 1.807) is 0 Å². The molecule has 0 amide bonds. The second-order valence-electron chi connectivity index (χ2n) is 5.57. The van der Waals surface area contributed by atoms with Crippen molar-refractivity contribution in [2.24, 2.45) is 4.99 Å². The number of guanidine groups is 1. The minimum absolute atomic E-state index is 0. The fourth-order valence-corrected chi connectivity index (χ4v) is 2.32. The summed E-state index contributed by atoms with van der Waals surface area (Å²) in [6.45, 7) is 11.8. The number of aliphatic imine (C=N–C) groups is 1. The van der Waals surface area contributed by atoms with Gasteiger partial charge in [-0.3, -0.25) is 4.99 Å². The number of nitrogens with zero attached hydrogens (tertiary/aromatic N) is 2. The molecule has 0 bridgehead atoms. The fourth-order valence-electron chi connectivity index (χ4n) is 2.32. The Hall–Kier alpha value is -0.820. The lowest BCUT2D eigenvalue weighted by Crippen LogP contribution is -2.37. The monoisotopic (exact) mass is 432 g/mol. The highest BCUT2D eigenvalue weighted by Gasteiger charge is 2.00. The first-order valence-electron chi connectivity index (χ1n) is 8.42. The number of hydrogen-bond donors (Lipinski definition) is 2. The van der Waals surface area contributed by atoms with E-state index in [4.69, 9.17) is 0 Å². The molecule has 4 nitrogen and oxygen atoms in total. The first-order chi connectivity index (χ1) is 10.7. The van der Waals surface area contributed by atoms with E-state index < -0.39 is 0 Å². The first-order valence-corrected chi connectivity index (χ1v) is 8.42. The zero-order valence-corrected chi connectivity index (χ0v) is 17.4. The summed E-state index contributed by atoms with van der Waals surface area (Å²) in [7, 11) is 1.82. The maximum absolute atomic E-state index is 4.27. The molecule has 132 valence electrons. The van der Waals surface area contributed by atoms with Crippen LogP contribution in [-0.2, 0) is 6.54 Å². The number of rotatable bonds is 9. The van der Waals surface area contributed by atoms with Crippen LogP contribution < -0.4 is 10.6 Å². The van der Waals surface area contributed by atoms with E-state index in [9.17, 15) is 0 Å². The van der Waals surface area contributed by atoms with Gasteiger partial charge < -0.3 is 15.5 Å². The first kappa shape index (κ1) is 22.2. The minimum atomic E-state index is 0. The van der Waals surface area contributed by atoms with Crippen molar-refractivity contribution >= 4 is 29.9 Å². The minimum Gasteiger partial charge on any atom is -0.356 e. The smallest absolute Gasteiger partial charge is 0.191 e. The molecule has 0 aromatic heterocycles. The van der Waals surface area contributed by atoms with Crippen LogP contribution in [0.2, 0.25) is 0 Å². The van der Waals surface area contributed by atoms with E-state index in [1.165, 1.54) is 30.5 Å². The number of halogens is 1. The lowest BCUT2D eigenvalue weighted by molar-refractivity contribution is 0.297. The van der Waals surface area contributed by atoms with Crippen LogP contribution in [0.5, 0.6) is 0 Å².